The van der Waals surface area contributed by atoms with E-state index in [2.05, 4.69) is 0 Å². The molecule has 0 unspecified atom stereocenters. The predicted molar refractivity (Wildman–Crippen MR) is 121 cm³/mol. The minimum absolute atomic E-state index is 0.00309. The Bertz CT molecular complexity index is 1320. The zero-order chi connectivity index (χ0) is 25.9. The molecule has 3 atom stereocenters. The topological polar surface area (TPSA) is 170 Å². The molecule has 0 bridgehead atoms. The van der Waals surface area contributed by atoms with Crippen molar-refractivity contribution >= 4 is 28.9 Å². The van der Waals surface area contributed by atoms with E-state index >= 15 is 0 Å². The number of rotatable bonds is 10. The molecule has 35 heavy (non-hydrogen) atoms. The van der Waals surface area contributed by atoms with Gasteiger partial charge in [-0.15, -0.1) is 0 Å². The molecular formula is C24H22O11. The molecule has 0 aliphatic heterocycles. The Kier molecular flexibility index (Phi) is 7.28. The third-order valence-electron chi connectivity index (χ3n) is 4.95. The molecule has 0 saturated carbocycles. The van der Waals surface area contributed by atoms with Gasteiger partial charge in [-0.25, -0.2) is 14.4 Å². The van der Waals surface area contributed by atoms with Gasteiger partial charge in [0, 0.05) is 12.1 Å². The van der Waals surface area contributed by atoms with Crippen LogP contribution in [-0.4, -0.2) is 51.5 Å². The summed E-state index contributed by atoms with van der Waals surface area (Å²) in [5.74, 6) is -3.51. The van der Waals surface area contributed by atoms with E-state index in [-0.39, 0.29) is 33.8 Å². The van der Waals surface area contributed by atoms with Gasteiger partial charge in [-0.1, -0.05) is 12.1 Å². The summed E-state index contributed by atoms with van der Waals surface area (Å²) in [7, 11) is 0. The van der Waals surface area contributed by atoms with Crippen molar-refractivity contribution in [3.05, 3.63) is 52.9 Å². The third kappa shape index (κ3) is 5.69. The average molecular weight is 486 g/mol. The molecule has 0 radical (unpaired) electrons. The van der Waals surface area contributed by atoms with Crippen LogP contribution in [0.15, 0.2) is 51.9 Å². The fraction of sp³-hybridized carbons (Fsp3) is 0.250. The van der Waals surface area contributed by atoms with Gasteiger partial charge in [0.2, 0.25) is 5.43 Å². The molecule has 3 N–H and O–H groups in total. The number of benzene rings is 2. The van der Waals surface area contributed by atoms with Gasteiger partial charge in [-0.2, -0.15) is 0 Å². The highest BCUT2D eigenvalue weighted by atomic mass is 16.5. The Morgan fingerprint density at radius 2 is 1.29 bits per heavy atom. The van der Waals surface area contributed by atoms with Crippen LogP contribution < -0.4 is 19.6 Å². The number of carboxylic acids is 3. The molecular weight excluding hydrogens is 464 g/mol. The van der Waals surface area contributed by atoms with Gasteiger partial charge in [0.05, 0.1) is 5.56 Å². The lowest BCUT2D eigenvalue weighted by Gasteiger charge is -2.16. The Morgan fingerprint density at radius 1 is 0.771 bits per heavy atom. The van der Waals surface area contributed by atoms with Crippen molar-refractivity contribution in [1.82, 2.24) is 0 Å². The molecule has 0 saturated heterocycles. The second-order valence-electron chi connectivity index (χ2n) is 7.59. The fourth-order valence-electron chi connectivity index (χ4n) is 3.02. The van der Waals surface area contributed by atoms with E-state index < -0.39 is 41.6 Å². The number of hydrogen-bond donors (Lipinski definition) is 3. The molecule has 0 aliphatic carbocycles. The fourth-order valence-corrected chi connectivity index (χ4v) is 3.02. The maximum absolute atomic E-state index is 13.4. The van der Waals surface area contributed by atoms with Crippen LogP contribution in [0.1, 0.15) is 20.8 Å². The van der Waals surface area contributed by atoms with Crippen molar-refractivity contribution in [3.8, 4) is 28.4 Å². The van der Waals surface area contributed by atoms with Crippen LogP contribution in [0.5, 0.6) is 17.2 Å². The van der Waals surface area contributed by atoms with Crippen molar-refractivity contribution in [2.45, 2.75) is 39.1 Å². The van der Waals surface area contributed by atoms with Gasteiger partial charge >= 0.3 is 17.9 Å². The zero-order valence-electron chi connectivity index (χ0n) is 18.9. The van der Waals surface area contributed by atoms with Crippen LogP contribution >= 0.6 is 0 Å². The Balaban J connectivity index is 2.08. The lowest BCUT2D eigenvalue weighted by atomic mass is 10.0. The second-order valence-corrected chi connectivity index (χ2v) is 7.59. The largest absolute Gasteiger partial charge is 0.479 e. The van der Waals surface area contributed by atoms with Crippen molar-refractivity contribution in [2.24, 2.45) is 0 Å². The Hall–Kier alpha value is -4.54. The molecule has 11 nitrogen and oxygen atoms in total. The molecule has 2 aromatic carbocycles. The minimum Gasteiger partial charge on any atom is -0.479 e. The van der Waals surface area contributed by atoms with Crippen LogP contribution in [0.2, 0.25) is 0 Å². The lowest BCUT2D eigenvalue weighted by Crippen LogP contribution is -2.24. The molecule has 0 amide bonds. The van der Waals surface area contributed by atoms with Gasteiger partial charge in [0.1, 0.15) is 34.5 Å². The summed E-state index contributed by atoms with van der Waals surface area (Å²) in [5.41, 5.74) is 0.00433. The molecule has 0 fully saturated rings. The first-order valence-corrected chi connectivity index (χ1v) is 10.4. The average Bonchev–Trinajstić information content (AvgIpc) is 2.79. The number of aliphatic carboxylic acids is 3. The molecule has 0 spiro atoms. The number of carbonyl (C=O) groups is 3. The van der Waals surface area contributed by atoms with Gasteiger partial charge < -0.3 is 33.9 Å². The lowest BCUT2D eigenvalue weighted by molar-refractivity contribution is -0.145. The first-order valence-electron chi connectivity index (χ1n) is 10.4. The second kappa shape index (κ2) is 10.2. The summed E-state index contributed by atoms with van der Waals surface area (Å²) in [6, 6.07) is 8.59. The highest BCUT2D eigenvalue weighted by molar-refractivity contribution is 5.89. The van der Waals surface area contributed by atoms with Crippen LogP contribution in [0.3, 0.4) is 0 Å². The van der Waals surface area contributed by atoms with E-state index in [0.29, 0.717) is 5.56 Å². The Labute approximate surface area is 198 Å². The summed E-state index contributed by atoms with van der Waals surface area (Å²) in [6.07, 6.45) is -2.44. The molecule has 3 rings (SSSR count). The quantitative estimate of drug-likeness (QED) is 0.385. The predicted octanol–water partition coefficient (Wildman–Crippen LogP) is 3.02. The third-order valence-corrected chi connectivity index (χ3v) is 4.95. The van der Waals surface area contributed by atoms with Crippen LogP contribution in [0.25, 0.3) is 22.1 Å². The molecule has 11 heteroatoms. The van der Waals surface area contributed by atoms with Gasteiger partial charge in [-0.3, -0.25) is 4.79 Å². The standard InChI is InChI=1S/C24H22O11/c1-11(22(26)27)33-15-6-4-14(5-7-15)17-10-32-18-8-16(34-12(2)23(28)29)9-19(20(18)21(17)25)35-13(3)24(30)31/h4-13H,1-3H3,(H,26,27)(H,28,29)(H,30,31)/t11-,12+,13+/m0/s1. The van der Waals surface area contributed by atoms with Gasteiger partial charge in [-0.05, 0) is 38.5 Å². The maximum Gasteiger partial charge on any atom is 0.344 e. The van der Waals surface area contributed by atoms with Gasteiger partial charge in [0.25, 0.3) is 0 Å². The van der Waals surface area contributed by atoms with E-state index in [9.17, 15) is 24.3 Å². The molecule has 184 valence electrons. The number of fused-ring (bicyclic) bond motifs is 1. The summed E-state index contributed by atoms with van der Waals surface area (Å²) in [5, 5.41) is 27.2. The highest BCUT2D eigenvalue weighted by Crippen LogP contribution is 2.33. The first kappa shape index (κ1) is 25.1. The number of hydrogen-bond acceptors (Lipinski definition) is 8. The van der Waals surface area contributed by atoms with Crippen LogP contribution in [0.4, 0.5) is 0 Å². The Morgan fingerprint density at radius 3 is 1.83 bits per heavy atom. The summed E-state index contributed by atoms with van der Waals surface area (Å²) < 4.78 is 21.7. The summed E-state index contributed by atoms with van der Waals surface area (Å²) in [6.45, 7) is 3.95. The van der Waals surface area contributed by atoms with E-state index in [4.69, 9.17) is 28.8 Å². The van der Waals surface area contributed by atoms with E-state index in [1.165, 1.54) is 63.4 Å². The molecule has 1 heterocycles. The zero-order valence-corrected chi connectivity index (χ0v) is 18.9. The van der Waals surface area contributed by atoms with E-state index in [1.807, 2.05) is 0 Å². The van der Waals surface area contributed by atoms with Gasteiger partial charge in [0.15, 0.2) is 18.3 Å². The summed E-state index contributed by atoms with van der Waals surface area (Å²) in [4.78, 5) is 46.8. The van der Waals surface area contributed by atoms with Crippen molar-refractivity contribution < 1.29 is 48.3 Å². The monoisotopic (exact) mass is 486 g/mol. The normalized spacial score (nSPS) is 13.5. The van der Waals surface area contributed by atoms with E-state index in [1.54, 1.807) is 0 Å². The molecule has 1 aromatic heterocycles. The molecule has 0 aliphatic rings. The minimum atomic E-state index is -1.33. The molecule has 3 aromatic rings. The SMILES string of the molecule is C[C@H](Oc1ccc(-c2coc3cc(O[C@H](C)C(=O)O)cc(O[C@H](C)C(=O)O)c3c2=O)cc1)C(=O)O. The van der Waals surface area contributed by atoms with Crippen molar-refractivity contribution in [3.63, 3.8) is 0 Å². The van der Waals surface area contributed by atoms with Crippen molar-refractivity contribution in [2.75, 3.05) is 0 Å². The van der Waals surface area contributed by atoms with Crippen LogP contribution in [0, 0.1) is 0 Å². The van der Waals surface area contributed by atoms with Crippen LogP contribution in [-0.2, 0) is 14.4 Å². The number of carboxylic acid groups (broad SMARTS) is 3. The smallest absolute Gasteiger partial charge is 0.344 e. The highest BCUT2D eigenvalue weighted by Gasteiger charge is 2.22. The first-order chi connectivity index (χ1) is 16.5. The van der Waals surface area contributed by atoms with E-state index in [0.717, 1.165) is 0 Å². The summed E-state index contributed by atoms with van der Waals surface area (Å²) >= 11 is 0. The maximum atomic E-state index is 13.4. The number of ether oxygens (including phenoxy) is 3. The van der Waals surface area contributed by atoms with Crippen molar-refractivity contribution in [1.29, 1.82) is 0 Å².